The topological polar surface area (TPSA) is 59.7 Å². The molecule has 2 aromatic rings. The van der Waals surface area contributed by atoms with Crippen molar-refractivity contribution in [3.8, 4) is 0 Å². The van der Waals surface area contributed by atoms with Gasteiger partial charge in [-0.1, -0.05) is 0 Å². The molecule has 3 rings (SSSR count). The van der Waals surface area contributed by atoms with Crippen molar-refractivity contribution in [2.45, 2.75) is 13.1 Å². The highest BCUT2D eigenvalue weighted by Gasteiger charge is 2.19. The molecule has 1 aliphatic heterocycles. The van der Waals surface area contributed by atoms with Gasteiger partial charge in [0.1, 0.15) is 18.5 Å². The van der Waals surface area contributed by atoms with Crippen LogP contribution in [-0.4, -0.2) is 31.3 Å². The lowest BCUT2D eigenvalue weighted by molar-refractivity contribution is 0.555. The van der Waals surface area contributed by atoms with Crippen LogP contribution in [0.15, 0.2) is 18.9 Å². The molecule has 16 heavy (non-hydrogen) atoms. The third kappa shape index (κ3) is 1.64. The van der Waals surface area contributed by atoms with Crippen LogP contribution in [0, 0.1) is 3.57 Å². The van der Waals surface area contributed by atoms with Gasteiger partial charge in [-0.2, -0.15) is 0 Å². The van der Waals surface area contributed by atoms with Crippen LogP contribution in [0.1, 0.15) is 5.82 Å². The van der Waals surface area contributed by atoms with E-state index in [0.29, 0.717) is 0 Å². The van der Waals surface area contributed by atoms with Gasteiger partial charge in [-0.15, -0.1) is 10.2 Å². The summed E-state index contributed by atoms with van der Waals surface area (Å²) < 4.78 is 3.14. The van der Waals surface area contributed by atoms with E-state index in [4.69, 9.17) is 0 Å². The highest BCUT2D eigenvalue weighted by molar-refractivity contribution is 14.1. The van der Waals surface area contributed by atoms with Crippen LogP contribution in [0.25, 0.3) is 0 Å². The molecule has 0 atom stereocenters. The van der Waals surface area contributed by atoms with Gasteiger partial charge in [0.05, 0.1) is 10.1 Å². The molecule has 0 saturated heterocycles. The number of rotatable bonds is 1. The zero-order valence-corrected chi connectivity index (χ0v) is 10.6. The first-order valence-electron chi connectivity index (χ1n) is 4.92. The first-order valence-corrected chi connectivity index (χ1v) is 5.99. The van der Waals surface area contributed by atoms with E-state index in [1.165, 1.54) is 0 Å². The summed E-state index contributed by atoms with van der Waals surface area (Å²) in [6.07, 6.45) is 5.18. The van der Waals surface area contributed by atoms with E-state index in [1.807, 2.05) is 6.20 Å². The van der Waals surface area contributed by atoms with Gasteiger partial charge in [-0.05, 0) is 22.6 Å². The minimum Gasteiger partial charge on any atom is -0.346 e. The van der Waals surface area contributed by atoms with Crippen molar-refractivity contribution in [1.82, 2.24) is 24.7 Å². The Morgan fingerprint density at radius 3 is 3.12 bits per heavy atom. The van der Waals surface area contributed by atoms with Gasteiger partial charge in [0.15, 0.2) is 5.82 Å². The van der Waals surface area contributed by atoms with E-state index >= 15 is 0 Å². The number of hydrogen-bond acceptors (Lipinski definition) is 5. The van der Waals surface area contributed by atoms with Gasteiger partial charge >= 0.3 is 0 Å². The van der Waals surface area contributed by atoms with Crippen molar-refractivity contribution in [3.05, 3.63) is 28.2 Å². The molecule has 0 fully saturated rings. The standard InChI is InChI=1S/C9H9IN6/c10-7-3-11-5-12-9(7)15-1-2-16-6-13-14-8(16)4-15/h3,5-6H,1-2,4H2. The first-order chi connectivity index (χ1) is 7.84. The highest BCUT2D eigenvalue weighted by atomic mass is 127. The number of fused-ring (bicyclic) bond motifs is 1. The summed E-state index contributed by atoms with van der Waals surface area (Å²) >= 11 is 2.25. The molecule has 0 amide bonds. The summed E-state index contributed by atoms with van der Waals surface area (Å²) in [5, 5.41) is 7.99. The molecule has 2 aromatic heterocycles. The summed E-state index contributed by atoms with van der Waals surface area (Å²) in [5.74, 6) is 1.96. The quantitative estimate of drug-likeness (QED) is 0.721. The summed E-state index contributed by atoms with van der Waals surface area (Å²) in [4.78, 5) is 10.5. The van der Waals surface area contributed by atoms with Crippen LogP contribution in [-0.2, 0) is 13.1 Å². The lowest BCUT2D eigenvalue weighted by Gasteiger charge is -2.28. The maximum Gasteiger partial charge on any atom is 0.152 e. The third-order valence-corrected chi connectivity index (χ3v) is 3.35. The van der Waals surface area contributed by atoms with Crippen molar-refractivity contribution in [2.75, 3.05) is 11.4 Å². The lowest BCUT2D eigenvalue weighted by Crippen LogP contribution is -2.34. The SMILES string of the molecule is Ic1cncnc1N1CCn2cnnc2C1. The molecule has 0 bridgehead atoms. The van der Waals surface area contributed by atoms with Gasteiger partial charge in [-0.3, -0.25) is 0 Å². The van der Waals surface area contributed by atoms with Gasteiger partial charge < -0.3 is 9.47 Å². The number of hydrogen-bond donors (Lipinski definition) is 0. The molecule has 0 aliphatic carbocycles. The van der Waals surface area contributed by atoms with Gasteiger partial charge in [0.2, 0.25) is 0 Å². The molecule has 0 spiro atoms. The zero-order chi connectivity index (χ0) is 11.0. The van der Waals surface area contributed by atoms with E-state index in [0.717, 1.165) is 34.8 Å². The van der Waals surface area contributed by atoms with Crippen molar-refractivity contribution < 1.29 is 0 Å². The Kier molecular flexibility index (Phi) is 2.46. The van der Waals surface area contributed by atoms with E-state index in [9.17, 15) is 0 Å². The summed E-state index contributed by atoms with van der Waals surface area (Å²) in [5.41, 5.74) is 0. The van der Waals surface area contributed by atoms with Crippen LogP contribution in [0.5, 0.6) is 0 Å². The maximum atomic E-state index is 4.31. The second kappa shape index (κ2) is 3.96. The van der Waals surface area contributed by atoms with Crippen LogP contribution in [0.3, 0.4) is 0 Å². The maximum absolute atomic E-state index is 4.31. The molecule has 7 heteroatoms. The smallest absolute Gasteiger partial charge is 0.152 e. The second-order valence-electron chi connectivity index (χ2n) is 3.56. The zero-order valence-electron chi connectivity index (χ0n) is 8.41. The van der Waals surface area contributed by atoms with Crippen molar-refractivity contribution in [3.63, 3.8) is 0 Å². The first kappa shape index (κ1) is 9.94. The number of aromatic nitrogens is 5. The number of nitrogens with zero attached hydrogens (tertiary/aromatic N) is 6. The molecule has 0 unspecified atom stereocenters. The Balaban J connectivity index is 1.92. The molecule has 82 valence electrons. The average molecular weight is 328 g/mol. The molecule has 3 heterocycles. The minimum atomic E-state index is 0.757. The van der Waals surface area contributed by atoms with Crippen LogP contribution < -0.4 is 4.90 Å². The molecule has 0 N–H and O–H groups in total. The fraction of sp³-hybridized carbons (Fsp3) is 0.333. The Hall–Kier alpha value is -1.25. The predicted octanol–water partition coefficient (Wildman–Crippen LogP) is 0.693. The Labute approximate surface area is 106 Å². The fourth-order valence-corrected chi connectivity index (χ4v) is 2.43. The largest absolute Gasteiger partial charge is 0.346 e. The molecule has 0 saturated carbocycles. The lowest BCUT2D eigenvalue weighted by atomic mass is 10.3. The van der Waals surface area contributed by atoms with E-state index in [1.54, 1.807) is 12.7 Å². The molecule has 6 nitrogen and oxygen atoms in total. The number of anilines is 1. The normalized spacial score (nSPS) is 14.9. The Morgan fingerprint density at radius 1 is 1.31 bits per heavy atom. The Bertz CT molecular complexity index is 510. The minimum absolute atomic E-state index is 0.757. The molecule has 0 radical (unpaired) electrons. The van der Waals surface area contributed by atoms with E-state index in [-0.39, 0.29) is 0 Å². The van der Waals surface area contributed by atoms with Gasteiger partial charge in [-0.25, -0.2) is 9.97 Å². The van der Waals surface area contributed by atoms with Gasteiger partial charge in [0.25, 0.3) is 0 Å². The van der Waals surface area contributed by atoms with Crippen molar-refractivity contribution in [2.24, 2.45) is 0 Å². The summed E-state index contributed by atoms with van der Waals surface area (Å²) in [6.45, 7) is 2.59. The Morgan fingerprint density at radius 2 is 2.25 bits per heavy atom. The van der Waals surface area contributed by atoms with Crippen molar-refractivity contribution >= 4 is 28.4 Å². The van der Waals surface area contributed by atoms with Crippen LogP contribution in [0.2, 0.25) is 0 Å². The van der Waals surface area contributed by atoms with Gasteiger partial charge in [0, 0.05) is 19.3 Å². The second-order valence-corrected chi connectivity index (χ2v) is 4.72. The predicted molar refractivity (Wildman–Crippen MR) is 65.8 cm³/mol. The number of halogens is 1. The molecular formula is C9H9IN6. The van der Waals surface area contributed by atoms with Crippen LogP contribution >= 0.6 is 22.6 Å². The molecule has 0 aromatic carbocycles. The average Bonchev–Trinajstić information content (AvgIpc) is 2.76. The van der Waals surface area contributed by atoms with Crippen LogP contribution in [0.4, 0.5) is 5.82 Å². The molecule has 1 aliphatic rings. The van der Waals surface area contributed by atoms with E-state index in [2.05, 4.69) is 52.2 Å². The van der Waals surface area contributed by atoms with Crippen molar-refractivity contribution in [1.29, 1.82) is 0 Å². The highest BCUT2D eigenvalue weighted by Crippen LogP contribution is 2.21. The fourth-order valence-electron chi connectivity index (χ4n) is 1.79. The summed E-state index contributed by atoms with van der Waals surface area (Å²) in [7, 11) is 0. The third-order valence-electron chi connectivity index (χ3n) is 2.59. The molecular weight excluding hydrogens is 319 g/mol. The van der Waals surface area contributed by atoms with E-state index < -0.39 is 0 Å². The summed E-state index contributed by atoms with van der Waals surface area (Å²) in [6, 6.07) is 0. The monoisotopic (exact) mass is 328 g/mol.